The first-order chi connectivity index (χ1) is 14.7. The Balaban J connectivity index is 1.16. The number of ether oxygens (including phenoxy) is 1. The maximum atomic E-state index is 12.5. The van der Waals surface area contributed by atoms with Gasteiger partial charge in [0.15, 0.2) is 0 Å². The molecule has 1 aliphatic carbocycles. The average Bonchev–Trinajstić information content (AvgIpc) is 3.47. The van der Waals surface area contributed by atoms with Gasteiger partial charge in [-0.1, -0.05) is 0 Å². The van der Waals surface area contributed by atoms with Gasteiger partial charge in [0.1, 0.15) is 18.8 Å². The molecule has 8 heteroatoms. The lowest BCUT2D eigenvalue weighted by molar-refractivity contribution is -0.150. The molecule has 2 aromatic heterocycles. The van der Waals surface area contributed by atoms with E-state index in [1.54, 1.807) is 18.6 Å². The number of aromatic nitrogens is 4. The first kappa shape index (κ1) is 19.6. The smallest absolute Gasteiger partial charge is 0.248 e. The number of nitrogens with zero attached hydrogens (tertiary/aromatic N) is 6. The Hall–Kier alpha value is -2.32. The number of piperidine rings is 1. The Labute approximate surface area is 177 Å². The highest BCUT2D eigenvalue weighted by molar-refractivity contribution is 5.78. The maximum absolute atomic E-state index is 12.5. The lowest BCUT2D eigenvalue weighted by Gasteiger charge is -2.38. The molecule has 2 saturated heterocycles. The third-order valence-electron chi connectivity index (χ3n) is 6.55. The van der Waals surface area contributed by atoms with E-state index in [2.05, 4.69) is 24.4 Å². The van der Waals surface area contributed by atoms with Gasteiger partial charge in [0.25, 0.3) is 0 Å². The van der Waals surface area contributed by atoms with Crippen molar-refractivity contribution < 1.29 is 9.53 Å². The Kier molecular flexibility index (Phi) is 5.77. The quantitative estimate of drug-likeness (QED) is 0.691. The minimum absolute atomic E-state index is 0.0322. The van der Waals surface area contributed by atoms with Gasteiger partial charge in [-0.05, 0) is 50.6 Å². The van der Waals surface area contributed by atoms with E-state index in [0.29, 0.717) is 19.0 Å². The summed E-state index contributed by atoms with van der Waals surface area (Å²) in [5, 5.41) is 0. The molecular formula is C22H30N6O2. The zero-order chi connectivity index (χ0) is 20.3. The number of hydrogen-bond donors (Lipinski definition) is 0. The summed E-state index contributed by atoms with van der Waals surface area (Å²) < 4.78 is 7.93. The first-order valence-electron chi connectivity index (χ1n) is 11.1. The lowest BCUT2D eigenvalue weighted by atomic mass is 9.95. The van der Waals surface area contributed by atoms with Crippen LogP contribution in [0.1, 0.15) is 25.7 Å². The number of amides is 1. The van der Waals surface area contributed by atoms with Crippen LogP contribution in [0.15, 0.2) is 31.1 Å². The molecule has 1 amide bonds. The monoisotopic (exact) mass is 410 g/mol. The lowest BCUT2D eigenvalue weighted by Crippen LogP contribution is -2.50. The summed E-state index contributed by atoms with van der Waals surface area (Å²) in [6.07, 6.45) is 14.0. The number of carbonyl (C=O) groups excluding carboxylic acids is 1. The molecule has 2 aromatic rings. The van der Waals surface area contributed by atoms with E-state index in [0.717, 1.165) is 23.9 Å². The molecule has 160 valence electrons. The van der Waals surface area contributed by atoms with Crippen LogP contribution in [0.25, 0.3) is 11.4 Å². The van der Waals surface area contributed by atoms with E-state index in [4.69, 9.17) is 4.74 Å². The SMILES string of the molecule is O=C1COC(Cn2ccnc2-c2cncnc2)CN1CC1CCN(CC2CC2)CC1. The predicted molar refractivity (Wildman–Crippen MR) is 111 cm³/mol. The highest BCUT2D eigenvalue weighted by Gasteiger charge is 2.31. The van der Waals surface area contributed by atoms with Crippen molar-refractivity contribution in [3.63, 3.8) is 0 Å². The highest BCUT2D eigenvalue weighted by Crippen LogP contribution is 2.31. The second-order valence-electron chi connectivity index (χ2n) is 8.95. The van der Waals surface area contributed by atoms with Crippen molar-refractivity contribution in [2.75, 3.05) is 39.3 Å². The minimum Gasteiger partial charge on any atom is -0.365 e. The number of rotatable bonds is 7. The standard InChI is InChI=1S/C22H30N6O2/c29-21-15-30-20(13-27-8-5-25-22(27)19-9-23-16-24-10-19)14-28(21)12-18-3-6-26(7-4-18)11-17-1-2-17/h5,8-10,16-18,20H,1-4,6-7,11-15H2. The molecule has 3 fully saturated rings. The first-order valence-corrected chi connectivity index (χ1v) is 11.1. The van der Waals surface area contributed by atoms with Crippen molar-refractivity contribution >= 4 is 5.91 Å². The van der Waals surface area contributed by atoms with Gasteiger partial charge in [-0.15, -0.1) is 0 Å². The van der Waals surface area contributed by atoms with E-state index < -0.39 is 0 Å². The van der Waals surface area contributed by atoms with E-state index in [9.17, 15) is 4.79 Å². The second kappa shape index (κ2) is 8.81. The molecule has 0 spiro atoms. The average molecular weight is 411 g/mol. The molecule has 3 aliphatic rings. The third kappa shape index (κ3) is 4.70. The Morgan fingerprint density at radius 2 is 1.77 bits per heavy atom. The number of morpholine rings is 1. The molecule has 1 unspecified atom stereocenters. The maximum Gasteiger partial charge on any atom is 0.248 e. The van der Waals surface area contributed by atoms with Crippen molar-refractivity contribution in [2.45, 2.75) is 38.3 Å². The molecule has 0 radical (unpaired) electrons. The molecule has 0 N–H and O–H groups in total. The fourth-order valence-corrected chi connectivity index (χ4v) is 4.65. The molecule has 0 bridgehead atoms. The summed E-state index contributed by atoms with van der Waals surface area (Å²) in [7, 11) is 0. The van der Waals surface area contributed by atoms with Crippen LogP contribution < -0.4 is 0 Å². The van der Waals surface area contributed by atoms with Crippen LogP contribution in [0.5, 0.6) is 0 Å². The summed E-state index contributed by atoms with van der Waals surface area (Å²) in [5.41, 5.74) is 0.879. The van der Waals surface area contributed by atoms with Gasteiger partial charge in [-0.3, -0.25) is 4.79 Å². The van der Waals surface area contributed by atoms with Gasteiger partial charge in [0, 0.05) is 44.4 Å². The molecule has 1 saturated carbocycles. The summed E-state index contributed by atoms with van der Waals surface area (Å²) in [6, 6.07) is 0. The number of hydrogen-bond acceptors (Lipinski definition) is 6. The Morgan fingerprint density at radius 3 is 2.53 bits per heavy atom. The van der Waals surface area contributed by atoms with Crippen LogP contribution in [0.2, 0.25) is 0 Å². The normalized spacial score (nSPS) is 23.8. The highest BCUT2D eigenvalue weighted by atomic mass is 16.5. The number of carbonyl (C=O) groups is 1. The van der Waals surface area contributed by atoms with E-state index in [-0.39, 0.29) is 18.6 Å². The van der Waals surface area contributed by atoms with Gasteiger partial charge >= 0.3 is 0 Å². The van der Waals surface area contributed by atoms with E-state index in [1.807, 2.05) is 11.1 Å². The summed E-state index contributed by atoms with van der Waals surface area (Å²) >= 11 is 0. The Bertz CT molecular complexity index is 844. The van der Waals surface area contributed by atoms with Crippen molar-refractivity contribution in [3.05, 3.63) is 31.1 Å². The minimum atomic E-state index is -0.0322. The molecule has 4 heterocycles. The molecule has 30 heavy (non-hydrogen) atoms. The van der Waals surface area contributed by atoms with Gasteiger partial charge in [-0.25, -0.2) is 15.0 Å². The van der Waals surface area contributed by atoms with Crippen molar-refractivity contribution in [1.82, 2.24) is 29.3 Å². The predicted octanol–water partition coefficient (Wildman–Crippen LogP) is 1.69. The fourth-order valence-electron chi connectivity index (χ4n) is 4.65. The van der Waals surface area contributed by atoms with Crippen LogP contribution in [0.3, 0.4) is 0 Å². The van der Waals surface area contributed by atoms with Gasteiger partial charge in [0.2, 0.25) is 5.91 Å². The fraction of sp³-hybridized carbons (Fsp3) is 0.636. The molecule has 0 aromatic carbocycles. The summed E-state index contributed by atoms with van der Waals surface area (Å²) in [4.78, 5) is 29.7. The van der Waals surface area contributed by atoms with E-state index in [1.165, 1.54) is 51.6 Å². The second-order valence-corrected chi connectivity index (χ2v) is 8.95. The summed E-state index contributed by atoms with van der Waals surface area (Å²) in [6.45, 7) is 5.98. The summed E-state index contributed by atoms with van der Waals surface area (Å²) in [5.74, 6) is 2.51. The van der Waals surface area contributed by atoms with Crippen LogP contribution in [-0.4, -0.2) is 80.7 Å². The molecule has 1 atom stereocenters. The van der Waals surface area contributed by atoms with Crippen molar-refractivity contribution in [3.8, 4) is 11.4 Å². The topological polar surface area (TPSA) is 76.4 Å². The zero-order valence-corrected chi connectivity index (χ0v) is 17.4. The van der Waals surface area contributed by atoms with Crippen LogP contribution >= 0.6 is 0 Å². The van der Waals surface area contributed by atoms with Gasteiger partial charge in [0.05, 0.1) is 18.2 Å². The largest absolute Gasteiger partial charge is 0.365 e. The third-order valence-corrected chi connectivity index (χ3v) is 6.55. The molecular weight excluding hydrogens is 380 g/mol. The molecule has 2 aliphatic heterocycles. The van der Waals surface area contributed by atoms with Crippen molar-refractivity contribution in [1.29, 1.82) is 0 Å². The number of likely N-dealkylation sites (tertiary alicyclic amines) is 1. The van der Waals surface area contributed by atoms with Gasteiger partial charge < -0.3 is 19.1 Å². The van der Waals surface area contributed by atoms with Gasteiger partial charge in [-0.2, -0.15) is 0 Å². The van der Waals surface area contributed by atoms with E-state index >= 15 is 0 Å². The molecule has 8 nitrogen and oxygen atoms in total. The van der Waals surface area contributed by atoms with Crippen molar-refractivity contribution in [2.24, 2.45) is 11.8 Å². The van der Waals surface area contributed by atoms with Crippen LogP contribution in [0.4, 0.5) is 0 Å². The molecule has 5 rings (SSSR count). The van der Waals surface area contributed by atoms with Crippen LogP contribution in [-0.2, 0) is 16.1 Å². The van der Waals surface area contributed by atoms with Crippen LogP contribution in [0, 0.1) is 11.8 Å². The zero-order valence-electron chi connectivity index (χ0n) is 17.4. The Morgan fingerprint density at radius 1 is 1.00 bits per heavy atom. The number of imidazole rings is 1.